The fourth-order valence-electron chi connectivity index (χ4n) is 4.20. The molecule has 1 aliphatic rings. The summed E-state index contributed by atoms with van der Waals surface area (Å²) in [5, 5.41) is -0.0773. The quantitative estimate of drug-likeness (QED) is 0.396. The minimum Gasteiger partial charge on any atom is -0.376 e. The van der Waals surface area contributed by atoms with Gasteiger partial charge >= 0.3 is 0 Å². The number of nitrogens with zero attached hydrogens (tertiary/aromatic N) is 3. The van der Waals surface area contributed by atoms with Crippen molar-refractivity contribution >= 4 is 15.7 Å². The number of imidazole rings is 1. The number of sulfone groups is 1. The van der Waals surface area contributed by atoms with Crippen molar-refractivity contribution in [1.82, 2.24) is 14.5 Å². The van der Waals surface area contributed by atoms with Crippen LogP contribution in [0.5, 0.6) is 0 Å². The molecule has 1 atom stereocenters. The van der Waals surface area contributed by atoms with Crippen molar-refractivity contribution in [3.63, 3.8) is 0 Å². The van der Waals surface area contributed by atoms with Crippen LogP contribution in [-0.4, -0.2) is 48.0 Å². The molecule has 0 spiro atoms. The summed E-state index contributed by atoms with van der Waals surface area (Å²) in [5.74, 6) is -1.05. The molecule has 1 aromatic heterocycles. The molecule has 1 amide bonds. The van der Waals surface area contributed by atoms with Gasteiger partial charge in [0.15, 0.2) is 0 Å². The Hall–Kier alpha value is -3.30. The second-order valence-electron chi connectivity index (χ2n) is 8.51. The van der Waals surface area contributed by atoms with Gasteiger partial charge in [0.25, 0.3) is 5.91 Å². The SMILES string of the molecule is C=CCn1c(CN(C[C@@H]2CCCO2)C(=O)c2cccc(F)c2)cnc1S(=O)(=O)Cc1ccccc1. The van der Waals surface area contributed by atoms with Gasteiger partial charge in [-0.05, 0) is 36.6 Å². The van der Waals surface area contributed by atoms with E-state index in [0.29, 0.717) is 24.4 Å². The summed E-state index contributed by atoms with van der Waals surface area (Å²) in [4.78, 5) is 19.1. The van der Waals surface area contributed by atoms with Gasteiger partial charge in [-0.25, -0.2) is 17.8 Å². The molecule has 3 aromatic rings. The Morgan fingerprint density at radius 3 is 2.71 bits per heavy atom. The fraction of sp³-hybridized carbons (Fsp3) is 0.308. The Bertz CT molecular complexity index is 1280. The van der Waals surface area contributed by atoms with Gasteiger partial charge in [0.2, 0.25) is 15.0 Å². The van der Waals surface area contributed by atoms with Crippen LogP contribution in [0.25, 0.3) is 0 Å². The van der Waals surface area contributed by atoms with E-state index in [4.69, 9.17) is 4.74 Å². The van der Waals surface area contributed by atoms with E-state index in [1.54, 1.807) is 45.9 Å². The summed E-state index contributed by atoms with van der Waals surface area (Å²) < 4.78 is 47.5. The average Bonchev–Trinajstić information content (AvgIpc) is 3.49. The van der Waals surface area contributed by atoms with Crippen molar-refractivity contribution in [2.45, 2.75) is 42.9 Å². The molecule has 35 heavy (non-hydrogen) atoms. The third kappa shape index (κ3) is 6.04. The molecule has 4 rings (SSSR count). The van der Waals surface area contributed by atoms with E-state index in [-0.39, 0.29) is 41.6 Å². The summed E-state index contributed by atoms with van der Waals surface area (Å²) in [6.45, 7) is 4.99. The van der Waals surface area contributed by atoms with Crippen molar-refractivity contribution in [2.75, 3.05) is 13.2 Å². The number of amides is 1. The fourth-order valence-corrected chi connectivity index (χ4v) is 5.70. The first-order chi connectivity index (χ1) is 16.9. The molecule has 1 fully saturated rings. The van der Waals surface area contributed by atoms with Gasteiger partial charge in [0.05, 0.1) is 30.3 Å². The lowest BCUT2D eigenvalue weighted by Crippen LogP contribution is -2.37. The molecule has 0 aliphatic carbocycles. The smallest absolute Gasteiger partial charge is 0.254 e. The lowest BCUT2D eigenvalue weighted by atomic mass is 10.1. The number of aromatic nitrogens is 2. The van der Waals surface area contributed by atoms with Crippen LogP contribution < -0.4 is 0 Å². The average molecular weight is 498 g/mol. The van der Waals surface area contributed by atoms with E-state index in [1.807, 2.05) is 6.07 Å². The van der Waals surface area contributed by atoms with E-state index in [2.05, 4.69) is 11.6 Å². The van der Waals surface area contributed by atoms with Gasteiger partial charge in [0, 0.05) is 25.3 Å². The molecular weight excluding hydrogens is 469 g/mol. The maximum Gasteiger partial charge on any atom is 0.254 e. The molecule has 1 aliphatic heterocycles. The standard InChI is InChI=1S/C26H28FN3O4S/c1-2-13-30-23(16-28-26(30)35(32,33)19-20-8-4-3-5-9-20)17-29(18-24-12-7-14-34-24)25(31)21-10-6-11-22(27)15-21/h2-6,8-11,15-16,24H,1,7,12-14,17-19H2/t24-/m0/s1. The van der Waals surface area contributed by atoms with Crippen LogP contribution in [0.4, 0.5) is 4.39 Å². The van der Waals surface area contributed by atoms with Crippen LogP contribution in [-0.2, 0) is 33.4 Å². The maximum absolute atomic E-state index is 13.8. The van der Waals surface area contributed by atoms with Gasteiger partial charge in [-0.2, -0.15) is 0 Å². The number of carbonyl (C=O) groups is 1. The van der Waals surface area contributed by atoms with E-state index in [0.717, 1.165) is 12.8 Å². The predicted molar refractivity (Wildman–Crippen MR) is 130 cm³/mol. The van der Waals surface area contributed by atoms with Crippen molar-refractivity contribution in [3.8, 4) is 0 Å². The zero-order valence-corrected chi connectivity index (χ0v) is 20.2. The van der Waals surface area contributed by atoms with Gasteiger partial charge in [-0.1, -0.05) is 42.5 Å². The Balaban J connectivity index is 1.65. The molecule has 9 heteroatoms. The number of halogens is 1. The summed E-state index contributed by atoms with van der Waals surface area (Å²) in [6.07, 6.45) is 4.65. The van der Waals surface area contributed by atoms with Gasteiger partial charge < -0.3 is 14.2 Å². The minimum atomic E-state index is -3.76. The number of allylic oxidation sites excluding steroid dienone is 1. The molecule has 2 aromatic carbocycles. The Kier molecular flexibility index (Phi) is 7.77. The molecule has 0 unspecified atom stereocenters. The van der Waals surface area contributed by atoms with Gasteiger partial charge in [0.1, 0.15) is 5.82 Å². The van der Waals surface area contributed by atoms with Gasteiger partial charge in [-0.15, -0.1) is 6.58 Å². The highest BCUT2D eigenvalue weighted by Crippen LogP contribution is 2.22. The van der Waals surface area contributed by atoms with Crippen LogP contribution >= 0.6 is 0 Å². The van der Waals surface area contributed by atoms with E-state index >= 15 is 0 Å². The molecule has 0 N–H and O–H groups in total. The summed E-state index contributed by atoms with van der Waals surface area (Å²) in [5.41, 5.74) is 1.41. The number of ether oxygens (including phenoxy) is 1. The van der Waals surface area contributed by atoms with E-state index < -0.39 is 15.7 Å². The molecule has 2 heterocycles. The molecule has 1 saturated heterocycles. The Labute approximate surface area is 204 Å². The summed E-state index contributed by atoms with van der Waals surface area (Å²) in [6, 6.07) is 14.4. The van der Waals surface area contributed by atoms with Crippen molar-refractivity contribution < 1.29 is 22.3 Å². The lowest BCUT2D eigenvalue weighted by molar-refractivity contribution is 0.0501. The van der Waals surface area contributed by atoms with Crippen molar-refractivity contribution in [2.24, 2.45) is 0 Å². The molecular formula is C26H28FN3O4S. The topological polar surface area (TPSA) is 81.5 Å². The van der Waals surface area contributed by atoms with Crippen LogP contribution in [0.1, 0.15) is 34.5 Å². The third-order valence-corrected chi connectivity index (χ3v) is 7.45. The molecule has 0 saturated carbocycles. The zero-order chi connectivity index (χ0) is 24.8. The predicted octanol–water partition coefficient (Wildman–Crippen LogP) is 4.00. The monoisotopic (exact) mass is 497 g/mol. The van der Waals surface area contributed by atoms with Crippen molar-refractivity contribution in [3.05, 3.63) is 96.1 Å². The highest BCUT2D eigenvalue weighted by molar-refractivity contribution is 7.90. The Morgan fingerprint density at radius 2 is 2.03 bits per heavy atom. The van der Waals surface area contributed by atoms with E-state index in [1.165, 1.54) is 24.4 Å². The normalized spacial score (nSPS) is 15.7. The number of hydrogen-bond donors (Lipinski definition) is 0. The largest absolute Gasteiger partial charge is 0.376 e. The highest BCUT2D eigenvalue weighted by Gasteiger charge is 2.28. The second kappa shape index (κ2) is 11.0. The van der Waals surface area contributed by atoms with Crippen molar-refractivity contribution in [1.29, 1.82) is 0 Å². The number of benzene rings is 2. The molecule has 0 radical (unpaired) electrons. The van der Waals surface area contributed by atoms with E-state index in [9.17, 15) is 17.6 Å². The van der Waals surface area contributed by atoms with Crippen LogP contribution in [0.3, 0.4) is 0 Å². The number of hydrogen-bond acceptors (Lipinski definition) is 5. The first-order valence-corrected chi connectivity index (χ1v) is 13.1. The second-order valence-corrected chi connectivity index (χ2v) is 10.4. The first kappa shape index (κ1) is 24.8. The van der Waals surface area contributed by atoms with Crippen LogP contribution in [0.15, 0.2) is 78.6 Å². The minimum absolute atomic E-state index is 0.0773. The lowest BCUT2D eigenvalue weighted by Gasteiger charge is -2.26. The summed E-state index contributed by atoms with van der Waals surface area (Å²) in [7, 11) is -3.76. The molecule has 7 nitrogen and oxygen atoms in total. The van der Waals surface area contributed by atoms with Crippen LogP contribution in [0.2, 0.25) is 0 Å². The summed E-state index contributed by atoms with van der Waals surface area (Å²) >= 11 is 0. The third-order valence-electron chi connectivity index (χ3n) is 5.85. The first-order valence-electron chi connectivity index (χ1n) is 11.5. The highest BCUT2D eigenvalue weighted by atomic mass is 32.2. The van der Waals surface area contributed by atoms with Gasteiger partial charge in [-0.3, -0.25) is 4.79 Å². The number of rotatable bonds is 10. The Morgan fingerprint density at radius 1 is 1.23 bits per heavy atom. The van der Waals surface area contributed by atoms with Crippen LogP contribution in [0, 0.1) is 5.82 Å². The molecule has 184 valence electrons. The zero-order valence-electron chi connectivity index (χ0n) is 19.3. The maximum atomic E-state index is 13.8. The number of carbonyl (C=O) groups excluding carboxylic acids is 1. The molecule has 0 bridgehead atoms.